The average molecular weight is 214 g/mol. The van der Waals surface area contributed by atoms with Crippen LogP contribution < -0.4 is 5.48 Å². The van der Waals surface area contributed by atoms with E-state index in [0.717, 1.165) is 11.3 Å². The van der Waals surface area contributed by atoms with Crippen LogP contribution in [0.1, 0.15) is 5.56 Å². The first-order valence-electron chi connectivity index (χ1n) is 4.25. The van der Waals surface area contributed by atoms with Crippen molar-refractivity contribution in [3.63, 3.8) is 0 Å². The summed E-state index contributed by atoms with van der Waals surface area (Å²) in [5.74, 6) is 0.152. The highest BCUT2D eigenvalue weighted by atomic mass is 35.5. The van der Waals surface area contributed by atoms with Gasteiger partial charge in [-0.1, -0.05) is 0 Å². The molecule has 0 saturated carbocycles. The molecular weight excluding hydrogens is 205 g/mol. The molecule has 14 heavy (non-hydrogen) atoms. The Labute approximate surface area is 86.3 Å². The Bertz CT molecular complexity index is 350. The molecule has 1 aliphatic rings. The summed E-state index contributed by atoms with van der Waals surface area (Å²) in [6.45, 7) is 0. The molecule has 4 heteroatoms. The smallest absolute Gasteiger partial charge is 0.123 e. The van der Waals surface area contributed by atoms with Crippen molar-refractivity contribution in [1.29, 1.82) is 0 Å². The maximum atomic E-state index is 12.6. The van der Waals surface area contributed by atoms with Crippen molar-refractivity contribution in [3.05, 3.63) is 41.7 Å². The van der Waals surface area contributed by atoms with Crippen molar-refractivity contribution in [2.75, 3.05) is 5.88 Å². The molecule has 1 aromatic rings. The standard InChI is InChI=1S/C10H9ClFNO/c11-6-9-5-10(13-14-9)7-1-3-8(12)4-2-7/h1-5,9,13H,6H2. The van der Waals surface area contributed by atoms with Gasteiger partial charge in [0.15, 0.2) is 0 Å². The van der Waals surface area contributed by atoms with Gasteiger partial charge in [-0.25, -0.2) is 4.39 Å². The van der Waals surface area contributed by atoms with Crippen LogP contribution in [0.5, 0.6) is 0 Å². The van der Waals surface area contributed by atoms with Crippen LogP contribution in [-0.4, -0.2) is 12.0 Å². The molecule has 1 aromatic carbocycles. The predicted molar refractivity (Wildman–Crippen MR) is 53.1 cm³/mol. The molecule has 0 saturated heterocycles. The summed E-state index contributed by atoms with van der Waals surface area (Å²) in [5.41, 5.74) is 4.46. The third-order valence-electron chi connectivity index (χ3n) is 1.98. The molecule has 0 fully saturated rings. The Morgan fingerprint density at radius 3 is 2.64 bits per heavy atom. The van der Waals surface area contributed by atoms with Crippen LogP contribution in [0.25, 0.3) is 5.70 Å². The van der Waals surface area contributed by atoms with Crippen LogP contribution in [0.3, 0.4) is 0 Å². The number of halogens is 2. The van der Waals surface area contributed by atoms with Crippen molar-refractivity contribution in [3.8, 4) is 0 Å². The lowest BCUT2D eigenvalue weighted by Gasteiger charge is -2.03. The lowest BCUT2D eigenvalue weighted by Crippen LogP contribution is -2.12. The van der Waals surface area contributed by atoms with Crippen LogP contribution >= 0.6 is 11.6 Å². The highest BCUT2D eigenvalue weighted by molar-refractivity contribution is 6.18. The fourth-order valence-corrected chi connectivity index (χ4v) is 1.41. The van der Waals surface area contributed by atoms with Gasteiger partial charge in [-0.05, 0) is 35.9 Å². The number of hydrogen-bond donors (Lipinski definition) is 1. The molecule has 0 amide bonds. The van der Waals surface area contributed by atoms with E-state index in [1.54, 1.807) is 12.1 Å². The average Bonchev–Trinajstić information content (AvgIpc) is 2.67. The first-order valence-corrected chi connectivity index (χ1v) is 4.78. The van der Waals surface area contributed by atoms with E-state index in [9.17, 15) is 4.39 Å². The van der Waals surface area contributed by atoms with E-state index >= 15 is 0 Å². The second-order valence-corrected chi connectivity index (χ2v) is 3.31. The molecule has 1 unspecified atom stereocenters. The Morgan fingerprint density at radius 1 is 1.36 bits per heavy atom. The van der Waals surface area contributed by atoms with Crippen molar-refractivity contribution < 1.29 is 9.23 Å². The molecule has 0 radical (unpaired) electrons. The molecule has 1 heterocycles. The summed E-state index contributed by atoms with van der Waals surface area (Å²) in [6.07, 6.45) is 1.76. The topological polar surface area (TPSA) is 21.3 Å². The van der Waals surface area contributed by atoms with Crippen molar-refractivity contribution in [2.24, 2.45) is 0 Å². The summed E-state index contributed by atoms with van der Waals surface area (Å²) >= 11 is 5.62. The number of benzene rings is 1. The fourth-order valence-electron chi connectivity index (χ4n) is 1.25. The fraction of sp³-hybridized carbons (Fsp3) is 0.200. The molecule has 0 spiro atoms. The molecule has 0 aliphatic carbocycles. The first-order chi connectivity index (χ1) is 6.79. The maximum absolute atomic E-state index is 12.6. The van der Waals surface area contributed by atoms with Gasteiger partial charge < -0.3 is 0 Å². The van der Waals surface area contributed by atoms with Gasteiger partial charge in [-0.2, -0.15) is 0 Å². The second kappa shape index (κ2) is 3.98. The summed E-state index contributed by atoms with van der Waals surface area (Å²) in [7, 11) is 0. The van der Waals surface area contributed by atoms with Gasteiger partial charge in [0.1, 0.15) is 11.9 Å². The van der Waals surface area contributed by atoms with Crippen LogP contribution in [0.15, 0.2) is 30.3 Å². The second-order valence-electron chi connectivity index (χ2n) is 3.00. The number of nitrogens with one attached hydrogen (secondary N) is 1. The summed E-state index contributed by atoms with van der Waals surface area (Å²) < 4.78 is 12.6. The number of hydroxylamine groups is 1. The quantitative estimate of drug-likeness (QED) is 0.762. The van der Waals surface area contributed by atoms with Gasteiger partial charge in [-0.3, -0.25) is 10.3 Å². The van der Waals surface area contributed by atoms with Crippen LogP contribution in [0, 0.1) is 5.82 Å². The summed E-state index contributed by atoms with van der Waals surface area (Å²) in [6, 6.07) is 6.19. The molecule has 1 N–H and O–H groups in total. The Morgan fingerprint density at radius 2 is 2.07 bits per heavy atom. The normalized spacial score (nSPS) is 20.4. The molecule has 0 bridgehead atoms. The van der Waals surface area contributed by atoms with Gasteiger partial charge in [0, 0.05) is 0 Å². The minimum absolute atomic E-state index is 0.114. The molecular formula is C10H9ClFNO. The van der Waals surface area contributed by atoms with Crippen molar-refractivity contribution in [2.45, 2.75) is 6.10 Å². The lowest BCUT2D eigenvalue weighted by atomic mass is 10.1. The largest absolute Gasteiger partial charge is 0.267 e. The van der Waals surface area contributed by atoms with Gasteiger partial charge >= 0.3 is 0 Å². The van der Waals surface area contributed by atoms with Gasteiger partial charge in [-0.15, -0.1) is 11.6 Å². The minimum Gasteiger partial charge on any atom is -0.267 e. The SMILES string of the molecule is Fc1ccc(C2=CC(CCl)ON2)cc1. The van der Waals surface area contributed by atoms with Crippen LogP contribution in [0.4, 0.5) is 4.39 Å². The van der Waals surface area contributed by atoms with Crippen LogP contribution in [0.2, 0.25) is 0 Å². The minimum atomic E-state index is -0.248. The highest BCUT2D eigenvalue weighted by Gasteiger charge is 2.15. The summed E-state index contributed by atoms with van der Waals surface area (Å²) in [4.78, 5) is 5.13. The Hall–Kier alpha value is -1.06. The van der Waals surface area contributed by atoms with E-state index in [2.05, 4.69) is 5.48 Å². The zero-order chi connectivity index (χ0) is 9.97. The molecule has 1 atom stereocenters. The zero-order valence-electron chi connectivity index (χ0n) is 7.34. The lowest BCUT2D eigenvalue weighted by molar-refractivity contribution is 0.0644. The number of rotatable bonds is 2. The van der Waals surface area contributed by atoms with E-state index in [1.807, 2.05) is 6.08 Å². The molecule has 1 aliphatic heterocycles. The molecule has 0 aromatic heterocycles. The first kappa shape index (κ1) is 9.49. The Kier molecular flexibility index (Phi) is 2.70. The molecule has 74 valence electrons. The van der Waals surface area contributed by atoms with E-state index < -0.39 is 0 Å². The van der Waals surface area contributed by atoms with E-state index in [4.69, 9.17) is 16.4 Å². The zero-order valence-corrected chi connectivity index (χ0v) is 8.09. The van der Waals surface area contributed by atoms with Crippen molar-refractivity contribution >= 4 is 17.3 Å². The molecule has 2 nitrogen and oxygen atoms in total. The number of hydrogen-bond acceptors (Lipinski definition) is 2. The number of alkyl halides is 1. The maximum Gasteiger partial charge on any atom is 0.123 e. The third kappa shape index (κ3) is 1.89. The third-order valence-corrected chi connectivity index (χ3v) is 2.28. The van der Waals surface area contributed by atoms with Gasteiger partial charge in [0.25, 0.3) is 0 Å². The Balaban J connectivity index is 2.20. The predicted octanol–water partition coefficient (Wildman–Crippen LogP) is 2.31. The highest BCUT2D eigenvalue weighted by Crippen LogP contribution is 2.18. The van der Waals surface area contributed by atoms with E-state index in [1.165, 1.54) is 12.1 Å². The van der Waals surface area contributed by atoms with E-state index in [-0.39, 0.29) is 11.9 Å². The van der Waals surface area contributed by atoms with Gasteiger partial charge in [0.2, 0.25) is 0 Å². The summed E-state index contributed by atoms with van der Waals surface area (Å²) in [5, 5.41) is 0. The van der Waals surface area contributed by atoms with E-state index in [0.29, 0.717) is 5.88 Å². The van der Waals surface area contributed by atoms with Crippen molar-refractivity contribution in [1.82, 2.24) is 5.48 Å². The molecule has 2 rings (SSSR count). The van der Waals surface area contributed by atoms with Crippen LogP contribution in [-0.2, 0) is 4.84 Å². The monoisotopic (exact) mass is 213 g/mol. The van der Waals surface area contributed by atoms with Gasteiger partial charge in [0.05, 0.1) is 11.6 Å².